The Bertz CT molecular complexity index is 1150. The standard InChI is InChI=1S/C25H30N6/c1-2-20-13-8-9-17-30(20)18-10-16-26-25-27-22-15-7-6-14-21(22)24-28-23(29-31(24)25)19-11-4-3-5-12-19/h3-7,11-12,14-15,20H,2,8-10,13,16-18H2,1H3,(H,26,27). The molecule has 0 saturated carbocycles. The molecule has 0 aliphatic carbocycles. The second-order valence-corrected chi connectivity index (χ2v) is 8.36. The van der Waals surface area contributed by atoms with Gasteiger partial charge in [0, 0.05) is 30.1 Å². The lowest BCUT2D eigenvalue weighted by molar-refractivity contribution is 0.144. The SMILES string of the molecule is CCC1CCCCN1CCCNc1nc2ccccc2c2nc(-c3ccccc3)nn12. The van der Waals surface area contributed by atoms with E-state index in [1.807, 2.05) is 53.0 Å². The molecule has 1 fully saturated rings. The zero-order valence-electron chi connectivity index (χ0n) is 18.2. The first-order chi connectivity index (χ1) is 15.3. The van der Waals surface area contributed by atoms with Gasteiger partial charge in [0.25, 0.3) is 0 Å². The fraction of sp³-hybridized carbons (Fsp3) is 0.400. The second kappa shape index (κ2) is 9.02. The largest absolute Gasteiger partial charge is 0.354 e. The predicted molar refractivity (Wildman–Crippen MR) is 126 cm³/mol. The van der Waals surface area contributed by atoms with E-state index in [-0.39, 0.29) is 0 Å². The van der Waals surface area contributed by atoms with E-state index in [1.54, 1.807) is 0 Å². The molecule has 0 spiro atoms. The van der Waals surface area contributed by atoms with Crippen molar-refractivity contribution in [2.24, 2.45) is 0 Å². The highest BCUT2D eigenvalue weighted by Gasteiger charge is 2.20. The van der Waals surface area contributed by atoms with Crippen LogP contribution < -0.4 is 5.32 Å². The van der Waals surface area contributed by atoms with Gasteiger partial charge in [-0.05, 0) is 44.4 Å². The molecular weight excluding hydrogens is 384 g/mol. The maximum atomic E-state index is 4.86. The number of benzene rings is 2. The number of aromatic nitrogens is 4. The van der Waals surface area contributed by atoms with Gasteiger partial charge in [-0.1, -0.05) is 55.8 Å². The second-order valence-electron chi connectivity index (χ2n) is 8.36. The van der Waals surface area contributed by atoms with E-state index in [0.29, 0.717) is 0 Å². The van der Waals surface area contributed by atoms with Crippen LogP contribution in [-0.2, 0) is 0 Å². The molecule has 6 heteroatoms. The van der Waals surface area contributed by atoms with Crippen LogP contribution >= 0.6 is 0 Å². The fourth-order valence-corrected chi connectivity index (χ4v) is 4.68. The van der Waals surface area contributed by atoms with Gasteiger partial charge in [0.05, 0.1) is 5.52 Å². The molecule has 0 radical (unpaired) electrons. The lowest BCUT2D eigenvalue weighted by Gasteiger charge is -2.35. The Balaban J connectivity index is 1.39. The van der Waals surface area contributed by atoms with Gasteiger partial charge in [0.15, 0.2) is 11.5 Å². The highest BCUT2D eigenvalue weighted by atomic mass is 15.4. The molecule has 0 bridgehead atoms. The third-order valence-corrected chi connectivity index (χ3v) is 6.34. The minimum atomic E-state index is 0.723. The van der Waals surface area contributed by atoms with Gasteiger partial charge >= 0.3 is 0 Å². The molecule has 1 atom stereocenters. The van der Waals surface area contributed by atoms with E-state index in [2.05, 4.69) is 23.2 Å². The molecule has 5 rings (SSSR count). The minimum Gasteiger partial charge on any atom is -0.354 e. The molecule has 160 valence electrons. The van der Waals surface area contributed by atoms with Crippen molar-refractivity contribution in [3.05, 3.63) is 54.6 Å². The molecule has 3 heterocycles. The molecule has 31 heavy (non-hydrogen) atoms. The van der Waals surface area contributed by atoms with Crippen LogP contribution in [0.15, 0.2) is 54.6 Å². The van der Waals surface area contributed by atoms with Crippen LogP contribution in [0.25, 0.3) is 27.9 Å². The van der Waals surface area contributed by atoms with Crippen LogP contribution in [0, 0.1) is 0 Å². The molecule has 1 aliphatic rings. The summed E-state index contributed by atoms with van der Waals surface area (Å²) in [5, 5.41) is 9.35. The van der Waals surface area contributed by atoms with Crippen LogP contribution in [0.2, 0.25) is 0 Å². The van der Waals surface area contributed by atoms with E-state index in [9.17, 15) is 0 Å². The normalized spacial score (nSPS) is 17.4. The van der Waals surface area contributed by atoms with Gasteiger partial charge in [0.1, 0.15) is 0 Å². The molecule has 1 aliphatic heterocycles. The van der Waals surface area contributed by atoms with E-state index in [0.717, 1.165) is 59.4 Å². The highest BCUT2D eigenvalue weighted by Crippen LogP contribution is 2.24. The third-order valence-electron chi connectivity index (χ3n) is 6.34. The number of nitrogens with zero attached hydrogens (tertiary/aromatic N) is 5. The Kier molecular flexibility index (Phi) is 5.80. The lowest BCUT2D eigenvalue weighted by Crippen LogP contribution is -2.40. The van der Waals surface area contributed by atoms with Crippen molar-refractivity contribution in [3.63, 3.8) is 0 Å². The average molecular weight is 415 g/mol. The molecular formula is C25H30N6. The summed E-state index contributed by atoms with van der Waals surface area (Å²) < 4.78 is 1.86. The quantitative estimate of drug-likeness (QED) is 0.431. The summed E-state index contributed by atoms with van der Waals surface area (Å²) in [6.07, 6.45) is 6.40. The molecule has 2 aromatic heterocycles. The highest BCUT2D eigenvalue weighted by molar-refractivity contribution is 5.92. The molecule has 4 aromatic rings. The zero-order chi connectivity index (χ0) is 21.0. The molecule has 1 N–H and O–H groups in total. The van der Waals surface area contributed by atoms with Gasteiger partial charge < -0.3 is 10.2 Å². The van der Waals surface area contributed by atoms with Gasteiger partial charge in [-0.25, -0.2) is 9.97 Å². The van der Waals surface area contributed by atoms with Crippen LogP contribution in [0.1, 0.15) is 39.0 Å². The smallest absolute Gasteiger partial charge is 0.226 e. The molecule has 1 saturated heterocycles. The first kappa shape index (κ1) is 19.9. The number of hydrogen-bond acceptors (Lipinski definition) is 5. The maximum Gasteiger partial charge on any atom is 0.226 e. The number of likely N-dealkylation sites (tertiary alicyclic amines) is 1. The van der Waals surface area contributed by atoms with Gasteiger partial charge in [-0.2, -0.15) is 4.52 Å². The minimum absolute atomic E-state index is 0.723. The lowest BCUT2D eigenvalue weighted by atomic mass is 10.00. The number of nitrogens with one attached hydrogen (secondary N) is 1. The average Bonchev–Trinajstić information content (AvgIpc) is 3.29. The Labute approximate surface area is 183 Å². The van der Waals surface area contributed by atoms with E-state index >= 15 is 0 Å². The topological polar surface area (TPSA) is 58.3 Å². The van der Waals surface area contributed by atoms with Crippen LogP contribution in [0.4, 0.5) is 5.95 Å². The Hall–Kier alpha value is -2.99. The van der Waals surface area contributed by atoms with Crippen LogP contribution in [-0.4, -0.2) is 50.2 Å². The Morgan fingerprint density at radius 1 is 1.00 bits per heavy atom. The van der Waals surface area contributed by atoms with Crippen molar-refractivity contribution in [1.29, 1.82) is 0 Å². The van der Waals surface area contributed by atoms with Crippen molar-refractivity contribution in [1.82, 2.24) is 24.5 Å². The molecule has 6 nitrogen and oxygen atoms in total. The number of rotatable bonds is 7. The summed E-state index contributed by atoms with van der Waals surface area (Å²) in [7, 11) is 0. The summed E-state index contributed by atoms with van der Waals surface area (Å²) in [5.74, 6) is 1.48. The van der Waals surface area contributed by atoms with Crippen LogP contribution in [0.5, 0.6) is 0 Å². The summed E-state index contributed by atoms with van der Waals surface area (Å²) in [6, 6.07) is 19.0. The van der Waals surface area contributed by atoms with Crippen molar-refractivity contribution >= 4 is 22.5 Å². The van der Waals surface area contributed by atoms with Crippen molar-refractivity contribution in [3.8, 4) is 11.4 Å². The van der Waals surface area contributed by atoms with Gasteiger partial charge in [0.2, 0.25) is 5.95 Å². The Morgan fingerprint density at radius 2 is 1.84 bits per heavy atom. The number of anilines is 1. The number of para-hydroxylation sites is 1. The van der Waals surface area contributed by atoms with Crippen molar-refractivity contribution in [2.45, 2.75) is 45.1 Å². The Morgan fingerprint density at radius 3 is 2.71 bits per heavy atom. The van der Waals surface area contributed by atoms with E-state index in [1.165, 1.54) is 32.2 Å². The zero-order valence-corrected chi connectivity index (χ0v) is 18.2. The first-order valence-electron chi connectivity index (χ1n) is 11.5. The van der Waals surface area contributed by atoms with Crippen molar-refractivity contribution < 1.29 is 0 Å². The fourth-order valence-electron chi connectivity index (χ4n) is 4.68. The van der Waals surface area contributed by atoms with Gasteiger partial charge in [-0.3, -0.25) is 0 Å². The molecule has 1 unspecified atom stereocenters. The van der Waals surface area contributed by atoms with E-state index in [4.69, 9.17) is 15.1 Å². The number of piperidine rings is 1. The predicted octanol–water partition coefficient (Wildman–Crippen LogP) is 5.01. The summed E-state index contributed by atoms with van der Waals surface area (Å²) in [6.45, 7) is 5.55. The van der Waals surface area contributed by atoms with E-state index < -0.39 is 0 Å². The van der Waals surface area contributed by atoms with Crippen LogP contribution in [0.3, 0.4) is 0 Å². The monoisotopic (exact) mass is 414 g/mol. The number of fused-ring (bicyclic) bond motifs is 3. The molecule has 2 aromatic carbocycles. The first-order valence-corrected chi connectivity index (χ1v) is 11.5. The maximum absolute atomic E-state index is 4.86. The summed E-state index contributed by atoms with van der Waals surface area (Å²) in [4.78, 5) is 12.4. The molecule has 0 amide bonds. The van der Waals surface area contributed by atoms with Gasteiger partial charge in [-0.15, -0.1) is 5.10 Å². The van der Waals surface area contributed by atoms with Crippen molar-refractivity contribution in [2.75, 3.05) is 25.0 Å². The summed E-state index contributed by atoms with van der Waals surface area (Å²) in [5.41, 5.74) is 2.79. The third kappa shape index (κ3) is 4.12. The number of hydrogen-bond donors (Lipinski definition) is 1. The summed E-state index contributed by atoms with van der Waals surface area (Å²) >= 11 is 0.